The molecule has 0 aliphatic heterocycles. The number of carbonyl (C=O) groups is 2. The number of allylic oxidation sites excluding steroid dienone is 2. The quantitative estimate of drug-likeness (QED) is 0.682. The number of ketones is 1. The van der Waals surface area contributed by atoms with Gasteiger partial charge in [-0.05, 0) is 73.7 Å². The van der Waals surface area contributed by atoms with Crippen molar-refractivity contribution < 1.29 is 14.3 Å². The molecule has 0 radical (unpaired) electrons. The van der Waals surface area contributed by atoms with E-state index in [1.54, 1.807) is 0 Å². The smallest absolute Gasteiger partial charge is 0.305 e. The van der Waals surface area contributed by atoms with Gasteiger partial charge in [-0.15, -0.1) is 0 Å². The number of carbonyl (C=O) groups excluding carboxylic acids is 2. The van der Waals surface area contributed by atoms with Crippen LogP contribution in [-0.2, 0) is 14.3 Å². The summed E-state index contributed by atoms with van der Waals surface area (Å²) in [5, 5.41) is 0. The molecule has 138 valence electrons. The third-order valence-electron chi connectivity index (χ3n) is 8.52. The van der Waals surface area contributed by atoms with Gasteiger partial charge in [0.2, 0.25) is 0 Å². The highest BCUT2D eigenvalue weighted by Crippen LogP contribution is 2.65. The highest BCUT2D eigenvalue weighted by atomic mass is 16.5. The highest BCUT2D eigenvalue weighted by Gasteiger charge is 2.60. The molecule has 0 aromatic rings. The second-order valence-electron chi connectivity index (χ2n) is 9.47. The molecule has 4 aliphatic rings. The topological polar surface area (TPSA) is 43.4 Å². The van der Waals surface area contributed by atoms with E-state index in [9.17, 15) is 9.59 Å². The maximum atomic E-state index is 11.9. The summed E-state index contributed by atoms with van der Waals surface area (Å²) in [5.41, 5.74) is 0.347. The number of hydrogen-bond acceptors (Lipinski definition) is 3. The maximum absolute atomic E-state index is 11.9. The SMILES string of the molecule is CCC(=O)O[C@@H]1CC[C@H]2[C@@H]3CC[C@H]4CC(=O)C=C[C@]4(C)[C@H]3CC[C@]12C. The molecular weight excluding hydrogens is 312 g/mol. The van der Waals surface area contributed by atoms with Crippen LogP contribution in [0.25, 0.3) is 0 Å². The van der Waals surface area contributed by atoms with Crippen LogP contribution in [0.3, 0.4) is 0 Å². The largest absolute Gasteiger partial charge is 0.462 e. The van der Waals surface area contributed by atoms with Gasteiger partial charge >= 0.3 is 5.97 Å². The second kappa shape index (κ2) is 5.96. The van der Waals surface area contributed by atoms with E-state index < -0.39 is 0 Å². The summed E-state index contributed by atoms with van der Waals surface area (Å²) >= 11 is 0. The summed E-state index contributed by atoms with van der Waals surface area (Å²) in [6.07, 6.45) is 12.5. The van der Waals surface area contributed by atoms with Crippen LogP contribution in [0.15, 0.2) is 12.2 Å². The number of esters is 1. The van der Waals surface area contributed by atoms with E-state index >= 15 is 0 Å². The Hall–Kier alpha value is -1.12. The molecule has 0 bridgehead atoms. The van der Waals surface area contributed by atoms with Crippen LogP contribution < -0.4 is 0 Å². The fraction of sp³-hybridized carbons (Fsp3) is 0.818. The lowest BCUT2D eigenvalue weighted by molar-refractivity contribution is -0.160. The Labute approximate surface area is 151 Å². The zero-order valence-electron chi connectivity index (χ0n) is 15.9. The molecular formula is C22H32O3. The zero-order valence-corrected chi connectivity index (χ0v) is 15.9. The van der Waals surface area contributed by atoms with Gasteiger partial charge in [0.15, 0.2) is 5.78 Å². The number of ether oxygens (including phenoxy) is 1. The van der Waals surface area contributed by atoms with E-state index in [0.29, 0.717) is 30.0 Å². The number of rotatable bonds is 2. The van der Waals surface area contributed by atoms with Crippen LogP contribution >= 0.6 is 0 Å². The van der Waals surface area contributed by atoms with Crippen molar-refractivity contribution in [3.8, 4) is 0 Å². The van der Waals surface area contributed by atoms with Crippen LogP contribution in [0.4, 0.5) is 0 Å². The van der Waals surface area contributed by atoms with Crippen molar-refractivity contribution in [3.63, 3.8) is 0 Å². The monoisotopic (exact) mass is 344 g/mol. The van der Waals surface area contributed by atoms with Crippen molar-refractivity contribution in [1.29, 1.82) is 0 Å². The third kappa shape index (κ3) is 2.52. The van der Waals surface area contributed by atoms with Gasteiger partial charge in [-0.25, -0.2) is 0 Å². The molecule has 7 atom stereocenters. The summed E-state index contributed by atoms with van der Waals surface area (Å²) in [6, 6.07) is 0. The first-order valence-electron chi connectivity index (χ1n) is 10.3. The average molecular weight is 344 g/mol. The predicted octanol–water partition coefficient (Wildman–Crippen LogP) is 4.70. The summed E-state index contributed by atoms with van der Waals surface area (Å²) in [5.74, 6) is 2.89. The first-order valence-corrected chi connectivity index (χ1v) is 10.3. The molecule has 0 aromatic heterocycles. The zero-order chi connectivity index (χ0) is 17.8. The van der Waals surface area contributed by atoms with Gasteiger partial charge in [-0.3, -0.25) is 9.59 Å². The molecule has 4 aliphatic carbocycles. The molecule has 0 spiro atoms. The minimum atomic E-state index is -0.0432. The van der Waals surface area contributed by atoms with Gasteiger partial charge in [0.1, 0.15) is 6.10 Å². The Morgan fingerprint density at radius 1 is 1.16 bits per heavy atom. The van der Waals surface area contributed by atoms with Gasteiger partial charge < -0.3 is 4.74 Å². The lowest BCUT2D eigenvalue weighted by atomic mass is 9.46. The van der Waals surface area contributed by atoms with E-state index in [1.165, 1.54) is 25.7 Å². The van der Waals surface area contributed by atoms with Crippen molar-refractivity contribution >= 4 is 11.8 Å². The Morgan fingerprint density at radius 2 is 1.96 bits per heavy atom. The molecule has 0 amide bonds. The van der Waals surface area contributed by atoms with E-state index in [2.05, 4.69) is 19.9 Å². The predicted molar refractivity (Wildman–Crippen MR) is 96.8 cm³/mol. The molecule has 0 aromatic carbocycles. The summed E-state index contributed by atoms with van der Waals surface area (Å²) in [4.78, 5) is 23.8. The fourth-order valence-electron chi connectivity index (χ4n) is 7.02. The lowest BCUT2D eigenvalue weighted by Gasteiger charge is -2.58. The molecule has 3 fully saturated rings. The highest BCUT2D eigenvalue weighted by molar-refractivity contribution is 5.91. The van der Waals surface area contributed by atoms with Crippen molar-refractivity contribution in [2.24, 2.45) is 34.5 Å². The fourth-order valence-corrected chi connectivity index (χ4v) is 7.02. The standard InChI is InChI=1S/C22H32O3/c1-4-20(24)25-19-8-7-17-16-6-5-14-13-15(23)9-11-21(14,2)18(16)10-12-22(17,19)3/h9,11,14,16-19H,4-8,10,12-13H2,1-3H3/t14-,16-,17-,18-,19+,21-,22-/m0/s1. The van der Waals surface area contributed by atoms with E-state index in [-0.39, 0.29) is 22.9 Å². The van der Waals surface area contributed by atoms with Gasteiger partial charge in [0, 0.05) is 18.3 Å². The van der Waals surface area contributed by atoms with Crippen molar-refractivity contribution in [1.82, 2.24) is 0 Å². The van der Waals surface area contributed by atoms with Gasteiger partial charge in [-0.2, -0.15) is 0 Å². The van der Waals surface area contributed by atoms with Crippen LogP contribution in [0, 0.1) is 34.5 Å². The Kier molecular flexibility index (Phi) is 4.12. The summed E-state index contributed by atoms with van der Waals surface area (Å²) in [6.45, 7) is 6.67. The third-order valence-corrected chi connectivity index (χ3v) is 8.52. The van der Waals surface area contributed by atoms with Crippen LogP contribution in [0.2, 0.25) is 0 Å². The number of fused-ring (bicyclic) bond motifs is 5. The van der Waals surface area contributed by atoms with E-state index in [4.69, 9.17) is 4.74 Å². The van der Waals surface area contributed by atoms with Crippen LogP contribution in [0.5, 0.6) is 0 Å². The van der Waals surface area contributed by atoms with Crippen molar-refractivity contribution in [2.75, 3.05) is 0 Å². The summed E-state index contributed by atoms with van der Waals surface area (Å²) < 4.78 is 5.86. The first-order chi connectivity index (χ1) is 11.9. The van der Waals surface area contributed by atoms with Gasteiger partial charge in [0.25, 0.3) is 0 Å². The normalized spacial score (nSPS) is 48.4. The molecule has 3 saturated carbocycles. The Bertz CT molecular complexity index is 608. The van der Waals surface area contributed by atoms with Crippen LogP contribution in [-0.4, -0.2) is 17.9 Å². The Balaban J connectivity index is 1.59. The van der Waals surface area contributed by atoms with E-state index in [0.717, 1.165) is 25.2 Å². The first kappa shape index (κ1) is 17.3. The number of hydrogen-bond donors (Lipinski definition) is 0. The minimum Gasteiger partial charge on any atom is -0.462 e. The molecule has 0 N–H and O–H groups in total. The van der Waals surface area contributed by atoms with Gasteiger partial charge in [-0.1, -0.05) is 26.8 Å². The van der Waals surface area contributed by atoms with Gasteiger partial charge in [0.05, 0.1) is 0 Å². The van der Waals surface area contributed by atoms with Crippen LogP contribution in [0.1, 0.15) is 72.1 Å². The minimum absolute atomic E-state index is 0.0432. The average Bonchev–Trinajstić information content (AvgIpc) is 2.92. The molecule has 0 unspecified atom stereocenters. The maximum Gasteiger partial charge on any atom is 0.305 e. The second-order valence-corrected chi connectivity index (χ2v) is 9.47. The lowest BCUT2D eigenvalue weighted by Crippen LogP contribution is -2.53. The molecule has 3 nitrogen and oxygen atoms in total. The molecule has 25 heavy (non-hydrogen) atoms. The van der Waals surface area contributed by atoms with Crippen molar-refractivity contribution in [2.45, 2.75) is 78.2 Å². The van der Waals surface area contributed by atoms with Crippen molar-refractivity contribution in [3.05, 3.63) is 12.2 Å². The van der Waals surface area contributed by atoms with E-state index in [1.807, 2.05) is 13.0 Å². The summed E-state index contributed by atoms with van der Waals surface area (Å²) in [7, 11) is 0. The molecule has 0 saturated heterocycles. The molecule has 4 rings (SSSR count). The Morgan fingerprint density at radius 3 is 2.72 bits per heavy atom. The molecule has 0 heterocycles. The molecule has 3 heteroatoms.